The Morgan fingerprint density at radius 2 is 1.97 bits per heavy atom. The van der Waals surface area contributed by atoms with Crippen LogP contribution in [-0.2, 0) is 10.2 Å². The van der Waals surface area contributed by atoms with Crippen LogP contribution in [0.15, 0.2) is 29.2 Å². The van der Waals surface area contributed by atoms with Gasteiger partial charge in [0.25, 0.3) is 0 Å². The minimum absolute atomic E-state index is 0.0203. The van der Waals surface area contributed by atoms with Gasteiger partial charge in [-0.2, -0.15) is 0 Å². The van der Waals surface area contributed by atoms with E-state index in [4.69, 9.17) is 9.47 Å². The lowest BCUT2D eigenvalue weighted by molar-refractivity contribution is -0.134. The van der Waals surface area contributed by atoms with Gasteiger partial charge in [0.05, 0.1) is 4.88 Å². The molecule has 0 N–H and O–H groups in total. The Balaban J connectivity index is 1.92. The van der Waals surface area contributed by atoms with Crippen LogP contribution >= 0.6 is 23.1 Å². The van der Waals surface area contributed by atoms with Crippen LogP contribution in [0.2, 0.25) is 0 Å². The zero-order valence-electron chi connectivity index (χ0n) is 18.7. The minimum Gasteiger partial charge on any atom is -0.487 e. The molecule has 2 aromatic rings. The summed E-state index contributed by atoms with van der Waals surface area (Å²) in [5.41, 5.74) is 2.08. The van der Waals surface area contributed by atoms with Crippen molar-refractivity contribution in [2.24, 2.45) is 0 Å². The van der Waals surface area contributed by atoms with E-state index in [-0.39, 0.29) is 17.0 Å². The maximum atomic E-state index is 11.7. The highest BCUT2D eigenvalue weighted by atomic mass is 32.2. The van der Waals surface area contributed by atoms with Crippen molar-refractivity contribution < 1.29 is 14.3 Å². The van der Waals surface area contributed by atoms with Crippen LogP contribution in [-0.4, -0.2) is 17.3 Å². The number of rotatable bonds is 5. The van der Waals surface area contributed by atoms with Gasteiger partial charge in [-0.15, -0.1) is 11.8 Å². The topological polar surface area (TPSA) is 35.5 Å². The van der Waals surface area contributed by atoms with Gasteiger partial charge in [-0.25, -0.2) is 0 Å². The van der Waals surface area contributed by atoms with E-state index >= 15 is 0 Å². The normalized spacial score (nSPS) is 16.1. The van der Waals surface area contributed by atoms with Crippen LogP contribution in [0, 0.1) is 11.8 Å². The molecule has 30 heavy (non-hydrogen) atoms. The van der Waals surface area contributed by atoms with E-state index in [1.807, 2.05) is 19.1 Å². The Morgan fingerprint density at radius 1 is 1.20 bits per heavy atom. The number of esters is 1. The zero-order valence-corrected chi connectivity index (χ0v) is 20.3. The summed E-state index contributed by atoms with van der Waals surface area (Å²) in [6.07, 6.45) is 2.17. The van der Waals surface area contributed by atoms with Crippen molar-refractivity contribution in [3.05, 3.63) is 40.3 Å². The Labute approximate surface area is 188 Å². The lowest BCUT2D eigenvalue weighted by Crippen LogP contribution is -2.41. The molecule has 0 radical (unpaired) electrons. The van der Waals surface area contributed by atoms with Crippen LogP contribution in [0.4, 0.5) is 0 Å². The second-order valence-electron chi connectivity index (χ2n) is 8.79. The number of fused-ring (bicyclic) bond motifs is 1. The molecule has 0 fully saturated rings. The Kier molecular flexibility index (Phi) is 6.89. The van der Waals surface area contributed by atoms with Crippen LogP contribution < -0.4 is 9.47 Å². The predicted molar refractivity (Wildman–Crippen MR) is 126 cm³/mol. The van der Waals surface area contributed by atoms with Crippen LogP contribution in [0.3, 0.4) is 0 Å². The average molecular weight is 443 g/mol. The highest BCUT2D eigenvalue weighted by molar-refractivity contribution is 7.99. The number of ether oxygens (including phenoxy) is 2. The largest absolute Gasteiger partial charge is 0.487 e. The van der Waals surface area contributed by atoms with Gasteiger partial charge in [-0.1, -0.05) is 50.9 Å². The molecule has 5 heteroatoms. The monoisotopic (exact) mass is 442 g/mol. The molecule has 3 nitrogen and oxygen atoms in total. The first kappa shape index (κ1) is 22.8. The molecule has 0 atom stereocenters. The fourth-order valence-electron chi connectivity index (χ4n) is 3.98. The molecule has 1 aliphatic rings. The summed E-state index contributed by atoms with van der Waals surface area (Å²) in [4.78, 5) is 13.7. The van der Waals surface area contributed by atoms with E-state index in [0.29, 0.717) is 11.5 Å². The quantitative estimate of drug-likeness (QED) is 0.290. The van der Waals surface area contributed by atoms with E-state index in [0.717, 1.165) is 39.7 Å². The van der Waals surface area contributed by atoms with Crippen molar-refractivity contribution in [3.63, 3.8) is 0 Å². The highest BCUT2D eigenvalue weighted by Gasteiger charge is 2.39. The number of thioether (sulfide) groups is 1. The highest BCUT2D eigenvalue weighted by Crippen LogP contribution is 2.46. The standard InChI is InChI=1S/C25H30O3S2/c1-7-9-22(26)27-23-13-12-18(30-23)11-10-17-14-19-20(15-21(17)29-8-2)28-25(5,6)16-24(19,3)4/h12-15H,7-9,16H2,1-6H3. The molecule has 1 aliphatic heterocycles. The molecular weight excluding hydrogens is 412 g/mol. The second kappa shape index (κ2) is 9.08. The number of carbonyl (C=O) groups excluding carboxylic acids is 1. The molecule has 0 spiro atoms. The smallest absolute Gasteiger partial charge is 0.311 e. The Bertz CT molecular complexity index is 990. The molecule has 3 rings (SSSR count). The van der Waals surface area contributed by atoms with Gasteiger partial charge < -0.3 is 9.47 Å². The maximum absolute atomic E-state index is 11.7. The fourth-order valence-corrected chi connectivity index (χ4v) is 5.47. The summed E-state index contributed by atoms with van der Waals surface area (Å²) in [6.45, 7) is 13.0. The first-order valence-electron chi connectivity index (χ1n) is 10.5. The Hall–Kier alpha value is -1.90. The molecule has 0 bridgehead atoms. The summed E-state index contributed by atoms with van der Waals surface area (Å²) in [7, 11) is 0. The van der Waals surface area contributed by atoms with Gasteiger partial charge in [0, 0.05) is 22.4 Å². The average Bonchev–Trinajstić information content (AvgIpc) is 3.06. The summed E-state index contributed by atoms with van der Waals surface area (Å²) in [5, 5.41) is 0.600. The molecule has 0 amide bonds. The fraction of sp³-hybridized carbons (Fsp3) is 0.480. The van der Waals surface area contributed by atoms with Crippen molar-refractivity contribution in [2.45, 2.75) is 76.7 Å². The second-order valence-corrected chi connectivity index (χ2v) is 11.1. The summed E-state index contributed by atoms with van der Waals surface area (Å²) < 4.78 is 11.7. The third-order valence-electron chi connectivity index (χ3n) is 4.93. The van der Waals surface area contributed by atoms with Crippen molar-refractivity contribution >= 4 is 29.1 Å². The molecule has 0 unspecified atom stereocenters. The van der Waals surface area contributed by atoms with Crippen molar-refractivity contribution in [2.75, 3.05) is 5.75 Å². The van der Waals surface area contributed by atoms with E-state index < -0.39 is 0 Å². The number of hydrogen-bond donors (Lipinski definition) is 0. The zero-order chi connectivity index (χ0) is 21.9. The van der Waals surface area contributed by atoms with Crippen LogP contribution in [0.1, 0.15) is 76.8 Å². The van der Waals surface area contributed by atoms with E-state index in [2.05, 4.69) is 58.6 Å². The van der Waals surface area contributed by atoms with E-state index in [1.165, 1.54) is 16.9 Å². The van der Waals surface area contributed by atoms with E-state index in [1.54, 1.807) is 11.8 Å². The molecule has 160 valence electrons. The third kappa shape index (κ3) is 5.42. The lowest BCUT2D eigenvalue weighted by atomic mass is 9.73. The van der Waals surface area contributed by atoms with Gasteiger partial charge in [0.1, 0.15) is 11.4 Å². The van der Waals surface area contributed by atoms with Gasteiger partial charge in [-0.05, 0) is 62.1 Å². The van der Waals surface area contributed by atoms with Crippen molar-refractivity contribution in [3.8, 4) is 22.7 Å². The number of benzene rings is 1. The molecular formula is C25H30O3S2. The molecule has 0 saturated heterocycles. The van der Waals surface area contributed by atoms with Gasteiger partial charge >= 0.3 is 5.97 Å². The number of thiophene rings is 1. The molecule has 1 aromatic carbocycles. The van der Waals surface area contributed by atoms with Gasteiger partial charge in [-0.3, -0.25) is 4.79 Å². The number of carbonyl (C=O) groups is 1. The van der Waals surface area contributed by atoms with Crippen molar-refractivity contribution in [1.29, 1.82) is 0 Å². The molecule has 0 saturated carbocycles. The van der Waals surface area contributed by atoms with Crippen LogP contribution in [0.25, 0.3) is 0 Å². The predicted octanol–water partition coefficient (Wildman–Crippen LogP) is 6.80. The molecule has 0 aliphatic carbocycles. The van der Waals surface area contributed by atoms with E-state index in [9.17, 15) is 4.79 Å². The molecule has 2 heterocycles. The summed E-state index contributed by atoms with van der Waals surface area (Å²) in [5.74, 6) is 8.36. The number of hydrogen-bond acceptors (Lipinski definition) is 5. The minimum atomic E-state index is -0.194. The Morgan fingerprint density at radius 3 is 2.67 bits per heavy atom. The SMILES string of the molecule is CCCC(=O)Oc1ccc(C#Cc2cc3c(cc2SCC)OC(C)(C)CC3(C)C)s1. The van der Waals surface area contributed by atoms with Gasteiger partial charge in [0.15, 0.2) is 5.06 Å². The summed E-state index contributed by atoms with van der Waals surface area (Å²) in [6, 6.07) is 8.08. The summed E-state index contributed by atoms with van der Waals surface area (Å²) >= 11 is 3.19. The van der Waals surface area contributed by atoms with Crippen LogP contribution in [0.5, 0.6) is 10.8 Å². The lowest BCUT2D eigenvalue weighted by Gasteiger charge is -2.42. The van der Waals surface area contributed by atoms with Gasteiger partial charge in [0.2, 0.25) is 0 Å². The van der Waals surface area contributed by atoms with Crippen molar-refractivity contribution in [1.82, 2.24) is 0 Å². The third-order valence-corrected chi connectivity index (χ3v) is 6.75. The molecule has 1 aromatic heterocycles. The first-order chi connectivity index (χ1) is 14.1. The maximum Gasteiger partial charge on any atom is 0.311 e. The first-order valence-corrected chi connectivity index (χ1v) is 12.3.